The van der Waals surface area contributed by atoms with E-state index in [0.717, 1.165) is 16.5 Å². The van der Waals surface area contributed by atoms with Crippen LogP contribution < -0.4 is 0 Å². The standard InChI is InChI=1S/C21H22O/c1-21(2,3)19-12-10-16(11-13-19)20(22)18-9-8-15-6-4-5-7-17(15)14-18/h4-14,20,22H,1-3H3. The lowest BCUT2D eigenvalue weighted by Crippen LogP contribution is -2.11. The third kappa shape index (κ3) is 2.90. The first-order valence-corrected chi connectivity index (χ1v) is 7.72. The summed E-state index contributed by atoms with van der Waals surface area (Å²) in [6.45, 7) is 6.59. The molecule has 0 fully saturated rings. The van der Waals surface area contributed by atoms with Crippen molar-refractivity contribution in [3.63, 3.8) is 0 Å². The first kappa shape index (κ1) is 14.8. The van der Waals surface area contributed by atoms with Gasteiger partial charge in [-0.15, -0.1) is 0 Å². The zero-order valence-electron chi connectivity index (χ0n) is 13.4. The van der Waals surface area contributed by atoms with Crippen LogP contribution in [0, 0.1) is 0 Å². The average molecular weight is 290 g/mol. The van der Waals surface area contributed by atoms with Gasteiger partial charge in [-0.2, -0.15) is 0 Å². The first-order valence-electron chi connectivity index (χ1n) is 7.72. The third-order valence-electron chi connectivity index (χ3n) is 4.18. The second-order valence-electron chi connectivity index (χ2n) is 6.88. The Morgan fingerprint density at radius 3 is 1.95 bits per heavy atom. The van der Waals surface area contributed by atoms with Gasteiger partial charge in [0.05, 0.1) is 0 Å². The summed E-state index contributed by atoms with van der Waals surface area (Å²) in [6.07, 6.45) is -0.585. The van der Waals surface area contributed by atoms with Gasteiger partial charge >= 0.3 is 0 Å². The minimum atomic E-state index is -0.585. The Kier molecular flexibility index (Phi) is 3.76. The Labute approximate surface area is 132 Å². The van der Waals surface area contributed by atoms with Gasteiger partial charge in [-0.25, -0.2) is 0 Å². The fourth-order valence-electron chi connectivity index (χ4n) is 2.74. The molecule has 22 heavy (non-hydrogen) atoms. The predicted molar refractivity (Wildman–Crippen MR) is 93.2 cm³/mol. The Morgan fingerprint density at radius 2 is 1.32 bits per heavy atom. The highest BCUT2D eigenvalue weighted by molar-refractivity contribution is 5.83. The number of hydrogen-bond acceptors (Lipinski definition) is 1. The van der Waals surface area contributed by atoms with E-state index in [1.54, 1.807) is 0 Å². The molecule has 1 unspecified atom stereocenters. The summed E-state index contributed by atoms with van der Waals surface area (Å²) >= 11 is 0. The minimum absolute atomic E-state index is 0.131. The molecule has 1 nitrogen and oxygen atoms in total. The topological polar surface area (TPSA) is 20.2 Å². The van der Waals surface area contributed by atoms with Crippen molar-refractivity contribution in [3.8, 4) is 0 Å². The Balaban J connectivity index is 1.93. The molecule has 0 saturated carbocycles. The molecule has 0 aliphatic rings. The molecule has 0 aliphatic heterocycles. The van der Waals surface area contributed by atoms with Crippen molar-refractivity contribution in [2.75, 3.05) is 0 Å². The van der Waals surface area contributed by atoms with Gasteiger partial charge in [-0.3, -0.25) is 0 Å². The van der Waals surface area contributed by atoms with E-state index in [0.29, 0.717) is 0 Å². The van der Waals surface area contributed by atoms with Gasteiger partial charge in [0.2, 0.25) is 0 Å². The molecule has 0 radical (unpaired) electrons. The third-order valence-corrected chi connectivity index (χ3v) is 4.18. The minimum Gasteiger partial charge on any atom is -0.384 e. The van der Waals surface area contributed by atoms with Crippen LogP contribution in [0.1, 0.15) is 43.6 Å². The molecule has 0 heterocycles. The van der Waals surface area contributed by atoms with Gasteiger partial charge < -0.3 is 5.11 Å². The molecule has 0 aromatic heterocycles. The van der Waals surface area contributed by atoms with Crippen LogP contribution in [0.4, 0.5) is 0 Å². The highest BCUT2D eigenvalue weighted by Crippen LogP contribution is 2.28. The Bertz CT molecular complexity index is 779. The molecule has 0 amide bonds. The molecule has 1 N–H and O–H groups in total. The van der Waals surface area contributed by atoms with Crippen LogP contribution in [0.15, 0.2) is 66.7 Å². The number of hydrogen-bond donors (Lipinski definition) is 1. The van der Waals surface area contributed by atoms with Gasteiger partial charge in [0.25, 0.3) is 0 Å². The van der Waals surface area contributed by atoms with Crippen LogP contribution in [-0.4, -0.2) is 5.11 Å². The SMILES string of the molecule is CC(C)(C)c1ccc(C(O)c2ccc3ccccc3c2)cc1. The maximum atomic E-state index is 10.6. The van der Waals surface area contributed by atoms with E-state index < -0.39 is 6.10 Å². The second kappa shape index (κ2) is 5.58. The number of fused-ring (bicyclic) bond motifs is 1. The highest BCUT2D eigenvalue weighted by Gasteiger charge is 2.15. The second-order valence-corrected chi connectivity index (χ2v) is 6.88. The van der Waals surface area contributed by atoms with Gasteiger partial charge in [-0.05, 0) is 38.9 Å². The Hall–Kier alpha value is -2.12. The number of aliphatic hydroxyl groups is 1. The molecule has 1 heteroatoms. The lowest BCUT2D eigenvalue weighted by molar-refractivity contribution is 0.220. The zero-order chi connectivity index (χ0) is 15.7. The van der Waals surface area contributed by atoms with E-state index >= 15 is 0 Å². The lowest BCUT2D eigenvalue weighted by Gasteiger charge is -2.20. The largest absolute Gasteiger partial charge is 0.384 e. The number of benzene rings is 3. The summed E-state index contributed by atoms with van der Waals surface area (Å²) in [4.78, 5) is 0. The fraction of sp³-hybridized carbons (Fsp3) is 0.238. The Morgan fingerprint density at radius 1 is 0.727 bits per heavy atom. The fourth-order valence-corrected chi connectivity index (χ4v) is 2.74. The summed E-state index contributed by atoms with van der Waals surface area (Å²) in [5.41, 5.74) is 3.28. The summed E-state index contributed by atoms with van der Waals surface area (Å²) in [6, 6.07) is 22.6. The van der Waals surface area contributed by atoms with Crippen molar-refractivity contribution < 1.29 is 5.11 Å². The molecule has 3 aromatic carbocycles. The highest BCUT2D eigenvalue weighted by atomic mass is 16.3. The molecule has 0 saturated heterocycles. The van der Waals surface area contributed by atoms with Crippen LogP contribution in [-0.2, 0) is 5.41 Å². The van der Waals surface area contributed by atoms with Crippen molar-refractivity contribution in [2.45, 2.75) is 32.3 Å². The first-order chi connectivity index (χ1) is 10.4. The monoisotopic (exact) mass is 290 g/mol. The van der Waals surface area contributed by atoms with Crippen LogP contribution in [0.5, 0.6) is 0 Å². The van der Waals surface area contributed by atoms with E-state index in [1.165, 1.54) is 10.9 Å². The molecule has 3 aromatic rings. The summed E-state index contributed by atoms with van der Waals surface area (Å²) < 4.78 is 0. The quantitative estimate of drug-likeness (QED) is 0.686. The predicted octanol–water partition coefficient (Wildman–Crippen LogP) is 5.22. The maximum Gasteiger partial charge on any atom is 0.104 e. The smallest absolute Gasteiger partial charge is 0.104 e. The van der Waals surface area contributed by atoms with Gasteiger partial charge in [0.15, 0.2) is 0 Å². The van der Waals surface area contributed by atoms with Crippen LogP contribution >= 0.6 is 0 Å². The molecule has 112 valence electrons. The van der Waals surface area contributed by atoms with Crippen LogP contribution in [0.2, 0.25) is 0 Å². The van der Waals surface area contributed by atoms with E-state index in [4.69, 9.17) is 0 Å². The van der Waals surface area contributed by atoms with Crippen molar-refractivity contribution in [1.82, 2.24) is 0 Å². The van der Waals surface area contributed by atoms with Crippen molar-refractivity contribution in [3.05, 3.63) is 83.4 Å². The molecule has 0 spiro atoms. The normalized spacial score (nSPS) is 13.3. The van der Waals surface area contributed by atoms with Crippen molar-refractivity contribution >= 4 is 10.8 Å². The molecular formula is C21H22O. The van der Waals surface area contributed by atoms with Gasteiger partial charge in [0, 0.05) is 0 Å². The summed E-state index contributed by atoms with van der Waals surface area (Å²) in [7, 11) is 0. The number of rotatable bonds is 2. The molecule has 1 atom stereocenters. The lowest BCUT2D eigenvalue weighted by atomic mass is 9.86. The summed E-state index contributed by atoms with van der Waals surface area (Å²) in [5, 5.41) is 13.0. The average Bonchev–Trinajstić information content (AvgIpc) is 2.53. The van der Waals surface area contributed by atoms with Crippen molar-refractivity contribution in [2.24, 2.45) is 0 Å². The van der Waals surface area contributed by atoms with E-state index in [9.17, 15) is 5.11 Å². The molecule has 0 aliphatic carbocycles. The molecule has 0 bridgehead atoms. The van der Waals surface area contributed by atoms with Crippen LogP contribution in [0.3, 0.4) is 0 Å². The van der Waals surface area contributed by atoms with E-state index in [2.05, 4.69) is 57.2 Å². The van der Waals surface area contributed by atoms with Gasteiger partial charge in [-0.1, -0.05) is 81.4 Å². The maximum absolute atomic E-state index is 10.6. The summed E-state index contributed by atoms with van der Waals surface area (Å²) in [5.74, 6) is 0. The molecule has 3 rings (SSSR count). The van der Waals surface area contributed by atoms with Crippen LogP contribution in [0.25, 0.3) is 10.8 Å². The number of aliphatic hydroxyl groups excluding tert-OH is 1. The van der Waals surface area contributed by atoms with Gasteiger partial charge in [0.1, 0.15) is 6.10 Å². The van der Waals surface area contributed by atoms with E-state index in [1.807, 2.05) is 30.3 Å². The van der Waals surface area contributed by atoms with Crippen molar-refractivity contribution in [1.29, 1.82) is 0 Å². The molecular weight excluding hydrogens is 268 g/mol. The van der Waals surface area contributed by atoms with E-state index in [-0.39, 0.29) is 5.41 Å². The zero-order valence-corrected chi connectivity index (χ0v) is 13.4.